The molecule has 0 atom stereocenters. The van der Waals surface area contributed by atoms with Crippen molar-refractivity contribution in [1.82, 2.24) is 9.97 Å². The Balaban J connectivity index is 2.82. The fraction of sp³-hybridized carbons (Fsp3) is 0.500. The van der Waals surface area contributed by atoms with E-state index >= 15 is 0 Å². The Morgan fingerprint density at radius 3 is 2.67 bits per heavy atom. The van der Waals surface area contributed by atoms with Crippen LogP contribution in [0.5, 0.6) is 0 Å². The molecule has 0 aliphatic rings. The standard InChI is InChI=1S/C8H13BrN4O2/c1-10-8-11-2-6(9)7(13-8)12-5(3-14)4-15/h2,5,14-15H,3-4H2,1H3,(H2,10,11,12,13). The molecule has 1 aromatic rings. The predicted octanol–water partition coefficient (Wildman–Crippen LogP) is 0.0459. The fourth-order valence-electron chi connectivity index (χ4n) is 0.931. The lowest BCUT2D eigenvalue weighted by molar-refractivity contribution is 0.203. The van der Waals surface area contributed by atoms with Gasteiger partial charge in [-0.15, -0.1) is 0 Å². The van der Waals surface area contributed by atoms with Gasteiger partial charge in [-0.3, -0.25) is 0 Å². The van der Waals surface area contributed by atoms with Crippen molar-refractivity contribution in [2.45, 2.75) is 6.04 Å². The molecule has 0 fully saturated rings. The molecule has 6 nitrogen and oxygen atoms in total. The number of anilines is 2. The first-order chi connectivity index (χ1) is 7.21. The molecule has 0 saturated carbocycles. The van der Waals surface area contributed by atoms with E-state index in [0.717, 1.165) is 0 Å². The van der Waals surface area contributed by atoms with E-state index in [-0.39, 0.29) is 13.2 Å². The van der Waals surface area contributed by atoms with Gasteiger partial charge in [-0.05, 0) is 15.9 Å². The molecule has 0 bridgehead atoms. The average Bonchev–Trinajstić information content (AvgIpc) is 2.28. The number of nitrogens with zero attached hydrogens (tertiary/aromatic N) is 2. The number of aromatic nitrogens is 2. The van der Waals surface area contributed by atoms with E-state index in [4.69, 9.17) is 10.2 Å². The van der Waals surface area contributed by atoms with Gasteiger partial charge in [0, 0.05) is 13.2 Å². The molecule has 0 saturated heterocycles. The van der Waals surface area contributed by atoms with Crippen LogP contribution in [0.3, 0.4) is 0 Å². The average molecular weight is 277 g/mol. The highest BCUT2D eigenvalue weighted by atomic mass is 79.9. The van der Waals surface area contributed by atoms with Crippen LogP contribution in [-0.2, 0) is 0 Å². The smallest absolute Gasteiger partial charge is 0.224 e. The molecular weight excluding hydrogens is 264 g/mol. The number of aliphatic hydroxyl groups excluding tert-OH is 2. The van der Waals surface area contributed by atoms with E-state index in [2.05, 4.69) is 36.5 Å². The van der Waals surface area contributed by atoms with Gasteiger partial charge >= 0.3 is 0 Å². The molecule has 1 rings (SSSR count). The first-order valence-electron chi connectivity index (χ1n) is 4.39. The summed E-state index contributed by atoms with van der Waals surface area (Å²) >= 11 is 3.27. The minimum absolute atomic E-state index is 0.165. The van der Waals surface area contributed by atoms with Crippen LogP contribution in [0.4, 0.5) is 11.8 Å². The van der Waals surface area contributed by atoms with E-state index in [1.165, 1.54) is 0 Å². The van der Waals surface area contributed by atoms with Crippen LogP contribution in [0.15, 0.2) is 10.7 Å². The van der Waals surface area contributed by atoms with Gasteiger partial charge in [-0.25, -0.2) is 4.98 Å². The molecule has 0 amide bonds. The summed E-state index contributed by atoms with van der Waals surface area (Å²) < 4.78 is 0.674. The largest absolute Gasteiger partial charge is 0.394 e. The zero-order valence-corrected chi connectivity index (χ0v) is 9.82. The maximum atomic E-state index is 8.91. The highest BCUT2D eigenvalue weighted by Crippen LogP contribution is 2.20. The quantitative estimate of drug-likeness (QED) is 0.608. The van der Waals surface area contributed by atoms with Crippen molar-refractivity contribution in [3.8, 4) is 0 Å². The van der Waals surface area contributed by atoms with Gasteiger partial charge in [-0.1, -0.05) is 0 Å². The van der Waals surface area contributed by atoms with Gasteiger partial charge < -0.3 is 20.8 Å². The number of hydrogen-bond acceptors (Lipinski definition) is 6. The van der Waals surface area contributed by atoms with Crippen molar-refractivity contribution in [3.05, 3.63) is 10.7 Å². The maximum absolute atomic E-state index is 8.91. The first-order valence-corrected chi connectivity index (χ1v) is 5.19. The van der Waals surface area contributed by atoms with Gasteiger partial charge in [-0.2, -0.15) is 4.98 Å². The van der Waals surface area contributed by atoms with Gasteiger partial charge in [0.15, 0.2) is 0 Å². The summed E-state index contributed by atoms with van der Waals surface area (Å²) in [5.41, 5.74) is 0. The fourth-order valence-corrected chi connectivity index (χ4v) is 1.24. The van der Waals surface area contributed by atoms with E-state index < -0.39 is 6.04 Å². The van der Waals surface area contributed by atoms with Crippen molar-refractivity contribution in [1.29, 1.82) is 0 Å². The number of rotatable bonds is 5. The van der Waals surface area contributed by atoms with Crippen LogP contribution in [-0.4, -0.2) is 46.5 Å². The number of halogens is 1. The molecule has 7 heteroatoms. The Hall–Kier alpha value is -0.920. The predicted molar refractivity (Wildman–Crippen MR) is 60.9 cm³/mol. The third-order valence-corrected chi connectivity index (χ3v) is 2.33. The molecule has 0 unspecified atom stereocenters. The Kier molecular flexibility index (Phi) is 4.73. The van der Waals surface area contributed by atoms with Crippen molar-refractivity contribution in [2.24, 2.45) is 0 Å². The second kappa shape index (κ2) is 5.84. The summed E-state index contributed by atoms with van der Waals surface area (Å²) in [4.78, 5) is 8.11. The van der Waals surface area contributed by atoms with E-state index in [1.807, 2.05) is 0 Å². The Morgan fingerprint density at radius 1 is 1.47 bits per heavy atom. The summed E-state index contributed by atoms with van der Waals surface area (Å²) in [5, 5.41) is 23.5. The lowest BCUT2D eigenvalue weighted by atomic mass is 10.3. The summed E-state index contributed by atoms with van der Waals surface area (Å²) in [5.74, 6) is 0.998. The van der Waals surface area contributed by atoms with Gasteiger partial charge in [0.05, 0.1) is 23.7 Å². The van der Waals surface area contributed by atoms with Crippen molar-refractivity contribution in [3.63, 3.8) is 0 Å². The highest BCUT2D eigenvalue weighted by molar-refractivity contribution is 9.10. The van der Waals surface area contributed by atoms with Crippen molar-refractivity contribution < 1.29 is 10.2 Å². The molecule has 0 spiro atoms. The number of aliphatic hydroxyl groups is 2. The van der Waals surface area contributed by atoms with E-state index in [9.17, 15) is 0 Å². The zero-order valence-electron chi connectivity index (χ0n) is 8.24. The van der Waals surface area contributed by atoms with Crippen LogP contribution in [0, 0.1) is 0 Å². The third-order valence-electron chi connectivity index (χ3n) is 1.75. The van der Waals surface area contributed by atoms with Crippen LogP contribution < -0.4 is 10.6 Å². The van der Waals surface area contributed by atoms with Crippen LogP contribution in [0.1, 0.15) is 0 Å². The SMILES string of the molecule is CNc1ncc(Br)c(NC(CO)CO)n1. The van der Waals surface area contributed by atoms with Crippen LogP contribution in [0.25, 0.3) is 0 Å². The minimum atomic E-state index is -0.430. The zero-order chi connectivity index (χ0) is 11.3. The van der Waals surface area contributed by atoms with Crippen LogP contribution in [0.2, 0.25) is 0 Å². The molecule has 15 heavy (non-hydrogen) atoms. The molecule has 1 aromatic heterocycles. The molecule has 0 aliphatic heterocycles. The Bertz CT molecular complexity index is 320. The molecule has 4 N–H and O–H groups in total. The van der Waals surface area contributed by atoms with Crippen molar-refractivity contribution in [2.75, 3.05) is 30.9 Å². The van der Waals surface area contributed by atoms with Gasteiger partial charge in [0.2, 0.25) is 5.95 Å². The topological polar surface area (TPSA) is 90.3 Å². The molecular formula is C8H13BrN4O2. The lowest BCUT2D eigenvalue weighted by Crippen LogP contribution is -2.28. The normalized spacial score (nSPS) is 10.5. The molecule has 84 valence electrons. The Labute approximate surface area is 95.9 Å². The number of hydrogen-bond donors (Lipinski definition) is 4. The van der Waals surface area contributed by atoms with E-state index in [1.54, 1.807) is 13.2 Å². The lowest BCUT2D eigenvalue weighted by Gasteiger charge is -2.15. The minimum Gasteiger partial charge on any atom is -0.394 e. The second-order valence-electron chi connectivity index (χ2n) is 2.85. The maximum Gasteiger partial charge on any atom is 0.224 e. The summed E-state index contributed by atoms with van der Waals surface area (Å²) in [7, 11) is 1.71. The Morgan fingerprint density at radius 2 is 2.13 bits per heavy atom. The van der Waals surface area contributed by atoms with Gasteiger partial charge in [0.25, 0.3) is 0 Å². The number of nitrogens with one attached hydrogen (secondary N) is 2. The first kappa shape index (κ1) is 12.2. The molecule has 0 radical (unpaired) electrons. The molecule has 0 aliphatic carbocycles. The van der Waals surface area contributed by atoms with Crippen molar-refractivity contribution >= 4 is 27.7 Å². The highest BCUT2D eigenvalue weighted by Gasteiger charge is 2.10. The third kappa shape index (κ3) is 3.29. The second-order valence-corrected chi connectivity index (χ2v) is 3.70. The van der Waals surface area contributed by atoms with Gasteiger partial charge in [0.1, 0.15) is 5.82 Å². The van der Waals surface area contributed by atoms with E-state index in [0.29, 0.717) is 16.2 Å². The summed E-state index contributed by atoms with van der Waals surface area (Å²) in [6, 6.07) is -0.430. The van der Waals surface area contributed by atoms with Crippen LogP contribution >= 0.6 is 15.9 Å². The summed E-state index contributed by atoms with van der Waals surface area (Å²) in [6.45, 7) is -0.330. The molecule has 1 heterocycles. The molecule has 0 aromatic carbocycles. The monoisotopic (exact) mass is 276 g/mol. The summed E-state index contributed by atoms with van der Waals surface area (Å²) in [6.07, 6.45) is 1.59.